The van der Waals surface area contributed by atoms with E-state index in [1.54, 1.807) is 14.2 Å². The van der Waals surface area contributed by atoms with Crippen LogP contribution in [0.5, 0.6) is 11.5 Å². The van der Waals surface area contributed by atoms with Gasteiger partial charge in [-0.25, -0.2) is 0 Å². The van der Waals surface area contributed by atoms with Gasteiger partial charge < -0.3 is 20.5 Å². The van der Waals surface area contributed by atoms with Crippen molar-refractivity contribution < 1.29 is 9.47 Å². The van der Waals surface area contributed by atoms with E-state index in [1.165, 1.54) is 24.2 Å². The lowest BCUT2D eigenvalue weighted by Crippen LogP contribution is -2.35. The molecule has 23 heavy (non-hydrogen) atoms. The third-order valence-corrected chi connectivity index (χ3v) is 5.58. The van der Waals surface area contributed by atoms with Crippen molar-refractivity contribution in [1.82, 2.24) is 5.32 Å². The molecule has 0 aliphatic carbocycles. The van der Waals surface area contributed by atoms with Crippen molar-refractivity contribution in [1.29, 1.82) is 0 Å². The van der Waals surface area contributed by atoms with Gasteiger partial charge in [-0.2, -0.15) is 11.8 Å². The third kappa shape index (κ3) is 5.23. The van der Waals surface area contributed by atoms with E-state index in [0.717, 1.165) is 31.0 Å². The van der Waals surface area contributed by atoms with Gasteiger partial charge in [-0.3, -0.25) is 4.99 Å². The summed E-state index contributed by atoms with van der Waals surface area (Å²) in [7, 11) is 3.28. The molecule has 1 aromatic rings. The lowest BCUT2D eigenvalue weighted by molar-refractivity contribution is 0.354. The first-order chi connectivity index (χ1) is 11.1. The SMILES string of the molecule is COc1ccc(CCNC(N)=NCC2(C)CCCS2)cc1OC. The molecule has 0 amide bonds. The number of hydrogen-bond donors (Lipinski definition) is 2. The van der Waals surface area contributed by atoms with Crippen molar-refractivity contribution in [3.8, 4) is 11.5 Å². The Balaban J connectivity index is 1.80. The van der Waals surface area contributed by atoms with E-state index in [2.05, 4.69) is 17.2 Å². The maximum atomic E-state index is 5.96. The highest BCUT2D eigenvalue weighted by atomic mass is 32.2. The summed E-state index contributed by atoms with van der Waals surface area (Å²) in [4.78, 5) is 4.49. The molecule has 6 heteroatoms. The number of nitrogens with two attached hydrogens (primary N) is 1. The molecule has 0 spiro atoms. The second-order valence-corrected chi connectivity index (χ2v) is 7.65. The number of hydrogen-bond acceptors (Lipinski definition) is 4. The number of rotatable bonds is 7. The van der Waals surface area contributed by atoms with Crippen LogP contribution >= 0.6 is 11.8 Å². The minimum atomic E-state index is 0.260. The number of guanidine groups is 1. The van der Waals surface area contributed by atoms with Gasteiger partial charge in [0.2, 0.25) is 0 Å². The molecule has 1 heterocycles. The average Bonchev–Trinajstić information content (AvgIpc) is 3.00. The maximum absolute atomic E-state index is 5.96. The first kappa shape index (κ1) is 17.8. The highest BCUT2D eigenvalue weighted by Gasteiger charge is 2.28. The molecule has 1 aliphatic heterocycles. The molecule has 0 aromatic heterocycles. The van der Waals surface area contributed by atoms with Gasteiger partial charge in [-0.1, -0.05) is 6.07 Å². The van der Waals surface area contributed by atoms with Crippen molar-refractivity contribution >= 4 is 17.7 Å². The van der Waals surface area contributed by atoms with Gasteiger partial charge >= 0.3 is 0 Å². The molecular weight excluding hydrogens is 310 g/mol. The number of thioether (sulfide) groups is 1. The van der Waals surface area contributed by atoms with Crippen molar-refractivity contribution in [3.05, 3.63) is 23.8 Å². The quantitative estimate of drug-likeness (QED) is 0.591. The van der Waals surface area contributed by atoms with E-state index in [9.17, 15) is 0 Å². The largest absolute Gasteiger partial charge is 0.493 e. The monoisotopic (exact) mass is 337 g/mol. The highest BCUT2D eigenvalue weighted by molar-refractivity contribution is 8.00. The number of aliphatic imine (C=N–C) groups is 1. The van der Waals surface area contributed by atoms with E-state index < -0.39 is 0 Å². The zero-order chi connectivity index (χ0) is 16.7. The molecule has 3 N–H and O–H groups in total. The molecule has 0 bridgehead atoms. The van der Waals surface area contributed by atoms with Crippen LogP contribution in [-0.4, -0.2) is 43.8 Å². The van der Waals surface area contributed by atoms with E-state index in [-0.39, 0.29) is 4.75 Å². The Bertz CT molecular complexity index is 543. The third-order valence-electron chi connectivity index (χ3n) is 4.05. The first-order valence-electron chi connectivity index (χ1n) is 7.95. The number of benzene rings is 1. The molecule has 2 rings (SSSR count). The topological polar surface area (TPSA) is 68.9 Å². The molecule has 5 nitrogen and oxygen atoms in total. The minimum Gasteiger partial charge on any atom is -0.493 e. The van der Waals surface area contributed by atoms with Gasteiger partial charge in [-0.15, -0.1) is 0 Å². The standard InChI is InChI=1S/C17H27N3O2S/c1-17(8-4-10-23-17)12-20-16(18)19-9-7-13-5-6-14(21-2)15(11-13)22-3/h5-6,11H,4,7-10,12H2,1-3H3,(H3,18,19,20). The van der Waals surface area contributed by atoms with Gasteiger partial charge in [0.1, 0.15) is 0 Å². The fraction of sp³-hybridized carbons (Fsp3) is 0.588. The van der Waals surface area contributed by atoms with Crippen LogP contribution in [0.25, 0.3) is 0 Å². The number of ether oxygens (including phenoxy) is 2. The molecule has 1 atom stereocenters. The average molecular weight is 337 g/mol. The summed E-state index contributed by atoms with van der Waals surface area (Å²) < 4.78 is 10.8. The predicted octanol–water partition coefficient (Wildman–Crippen LogP) is 2.44. The van der Waals surface area contributed by atoms with Crippen molar-refractivity contribution in [2.45, 2.75) is 30.9 Å². The predicted molar refractivity (Wildman–Crippen MR) is 97.8 cm³/mol. The Morgan fingerprint density at radius 1 is 1.35 bits per heavy atom. The summed E-state index contributed by atoms with van der Waals surface area (Å²) in [6, 6.07) is 5.94. The zero-order valence-corrected chi connectivity index (χ0v) is 15.0. The molecule has 0 radical (unpaired) electrons. The molecule has 1 fully saturated rings. The lowest BCUT2D eigenvalue weighted by atomic mass is 10.1. The van der Waals surface area contributed by atoms with Crippen molar-refractivity contribution in [2.24, 2.45) is 10.7 Å². The second kappa shape index (κ2) is 8.34. The van der Waals surface area contributed by atoms with Crippen LogP contribution in [0.4, 0.5) is 0 Å². The zero-order valence-electron chi connectivity index (χ0n) is 14.2. The van der Waals surface area contributed by atoms with Crippen LogP contribution in [0.1, 0.15) is 25.3 Å². The van der Waals surface area contributed by atoms with E-state index in [0.29, 0.717) is 5.96 Å². The summed E-state index contributed by atoms with van der Waals surface area (Å²) in [6.45, 7) is 3.80. The molecule has 1 aliphatic rings. The molecule has 0 saturated carbocycles. The normalized spacial score (nSPS) is 21.3. The van der Waals surface area contributed by atoms with Crippen LogP contribution in [0.2, 0.25) is 0 Å². The number of methoxy groups -OCH3 is 2. The molecular formula is C17H27N3O2S. The Kier molecular flexibility index (Phi) is 6.45. The van der Waals surface area contributed by atoms with Crippen LogP contribution in [-0.2, 0) is 6.42 Å². The lowest BCUT2D eigenvalue weighted by Gasteiger charge is -2.20. The second-order valence-electron chi connectivity index (χ2n) is 5.97. The van der Waals surface area contributed by atoms with Crippen LogP contribution in [0, 0.1) is 0 Å². The van der Waals surface area contributed by atoms with Gasteiger partial charge in [0, 0.05) is 11.3 Å². The Morgan fingerprint density at radius 3 is 2.78 bits per heavy atom. The molecule has 1 aromatic carbocycles. The van der Waals surface area contributed by atoms with Crippen molar-refractivity contribution in [3.63, 3.8) is 0 Å². The van der Waals surface area contributed by atoms with Gasteiger partial charge in [-0.05, 0) is 49.6 Å². The summed E-state index contributed by atoms with van der Waals surface area (Å²) in [5.74, 6) is 3.25. The smallest absolute Gasteiger partial charge is 0.188 e. The Morgan fingerprint density at radius 2 is 2.13 bits per heavy atom. The minimum absolute atomic E-state index is 0.260. The fourth-order valence-electron chi connectivity index (χ4n) is 2.64. The van der Waals surface area contributed by atoms with Gasteiger partial charge in [0.05, 0.1) is 20.8 Å². The van der Waals surface area contributed by atoms with Crippen LogP contribution in [0.3, 0.4) is 0 Å². The first-order valence-corrected chi connectivity index (χ1v) is 8.93. The number of nitrogens with one attached hydrogen (secondary N) is 1. The summed E-state index contributed by atoms with van der Waals surface area (Å²) in [6.07, 6.45) is 3.35. The maximum Gasteiger partial charge on any atom is 0.188 e. The summed E-state index contributed by atoms with van der Waals surface area (Å²) >= 11 is 2.00. The fourth-order valence-corrected chi connectivity index (χ4v) is 3.87. The Labute approximate surface area is 143 Å². The van der Waals surface area contributed by atoms with E-state index >= 15 is 0 Å². The Hall–Kier alpha value is -1.56. The van der Waals surface area contributed by atoms with Crippen LogP contribution < -0.4 is 20.5 Å². The highest BCUT2D eigenvalue weighted by Crippen LogP contribution is 2.37. The van der Waals surface area contributed by atoms with Gasteiger partial charge in [0.15, 0.2) is 17.5 Å². The molecule has 1 saturated heterocycles. The van der Waals surface area contributed by atoms with Gasteiger partial charge in [0.25, 0.3) is 0 Å². The summed E-state index contributed by atoms with van der Waals surface area (Å²) in [5.41, 5.74) is 7.13. The number of nitrogens with zero attached hydrogens (tertiary/aromatic N) is 1. The molecule has 128 valence electrons. The summed E-state index contributed by atoms with van der Waals surface area (Å²) in [5, 5.41) is 3.18. The van der Waals surface area contributed by atoms with E-state index in [1.807, 2.05) is 30.0 Å². The van der Waals surface area contributed by atoms with Crippen LogP contribution in [0.15, 0.2) is 23.2 Å². The van der Waals surface area contributed by atoms with Crippen molar-refractivity contribution in [2.75, 3.05) is 33.1 Å². The molecule has 1 unspecified atom stereocenters. The van der Waals surface area contributed by atoms with E-state index in [4.69, 9.17) is 15.2 Å².